The summed E-state index contributed by atoms with van der Waals surface area (Å²) in [7, 11) is 1.30. The van der Waals surface area contributed by atoms with E-state index in [-0.39, 0.29) is 5.91 Å². The van der Waals surface area contributed by atoms with E-state index in [1.807, 2.05) is 6.92 Å². The molecule has 1 aromatic heterocycles. The average molecular weight is 270 g/mol. The Morgan fingerprint density at radius 1 is 1.44 bits per heavy atom. The molecule has 0 fully saturated rings. The molecule has 1 heterocycles. The van der Waals surface area contributed by atoms with Gasteiger partial charge in [-0.15, -0.1) is 11.3 Å². The number of nitrogens with one attached hydrogen (secondary N) is 1. The number of thiazole rings is 1. The van der Waals surface area contributed by atoms with Crippen molar-refractivity contribution in [3.8, 4) is 0 Å². The van der Waals surface area contributed by atoms with E-state index >= 15 is 0 Å². The fourth-order valence-corrected chi connectivity index (χ4v) is 2.36. The lowest BCUT2D eigenvalue weighted by Crippen LogP contribution is -2.50. The number of aromatic nitrogens is 1. The van der Waals surface area contributed by atoms with Gasteiger partial charge in [-0.3, -0.25) is 4.79 Å². The molecule has 0 saturated carbocycles. The van der Waals surface area contributed by atoms with Crippen molar-refractivity contribution >= 4 is 23.2 Å². The highest BCUT2D eigenvalue weighted by Gasteiger charge is 2.31. The van der Waals surface area contributed by atoms with Crippen molar-refractivity contribution in [1.82, 2.24) is 10.3 Å². The molecular weight excluding hydrogens is 252 g/mol. The van der Waals surface area contributed by atoms with Crippen LogP contribution in [0.25, 0.3) is 0 Å². The van der Waals surface area contributed by atoms with Crippen molar-refractivity contribution in [3.63, 3.8) is 0 Å². The summed E-state index contributed by atoms with van der Waals surface area (Å²) >= 11 is 1.35. The van der Waals surface area contributed by atoms with E-state index in [0.717, 1.165) is 11.4 Å². The summed E-state index contributed by atoms with van der Waals surface area (Å²) in [6, 6.07) is 0. The van der Waals surface area contributed by atoms with Crippen molar-refractivity contribution in [2.45, 2.75) is 39.7 Å². The summed E-state index contributed by atoms with van der Waals surface area (Å²) in [4.78, 5) is 28.4. The van der Waals surface area contributed by atoms with Crippen LogP contribution in [0.5, 0.6) is 0 Å². The predicted molar refractivity (Wildman–Crippen MR) is 69.8 cm³/mol. The number of carbonyl (C=O) groups excluding carboxylic acids is 2. The first-order valence-electron chi connectivity index (χ1n) is 5.69. The molecule has 0 aliphatic heterocycles. The molecule has 5 nitrogen and oxygen atoms in total. The Hall–Kier alpha value is -1.43. The number of nitrogens with zero attached hydrogens (tertiary/aromatic N) is 1. The van der Waals surface area contributed by atoms with Gasteiger partial charge in [-0.05, 0) is 27.2 Å². The van der Waals surface area contributed by atoms with E-state index in [4.69, 9.17) is 0 Å². The third-order valence-corrected chi connectivity index (χ3v) is 3.77. The zero-order chi connectivity index (χ0) is 13.9. The van der Waals surface area contributed by atoms with Crippen LogP contribution in [0.1, 0.15) is 41.1 Å². The van der Waals surface area contributed by atoms with E-state index in [1.54, 1.807) is 20.8 Å². The fourth-order valence-electron chi connectivity index (χ4n) is 1.46. The first-order valence-corrected chi connectivity index (χ1v) is 6.50. The summed E-state index contributed by atoms with van der Waals surface area (Å²) in [6.07, 6.45) is 0.791. The SMILES string of the molecule is CCc1nc(C)c(C(=O)NC(C)(C)C(=O)OC)s1. The number of esters is 1. The molecule has 100 valence electrons. The van der Waals surface area contributed by atoms with Gasteiger partial charge in [0.1, 0.15) is 10.4 Å². The van der Waals surface area contributed by atoms with Crippen molar-refractivity contribution < 1.29 is 14.3 Å². The van der Waals surface area contributed by atoms with Crippen LogP contribution in [0, 0.1) is 6.92 Å². The normalized spacial score (nSPS) is 11.2. The number of carbonyl (C=O) groups is 2. The number of hydrogen-bond acceptors (Lipinski definition) is 5. The summed E-state index contributed by atoms with van der Waals surface area (Å²) < 4.78 is 4.64. The topological polar surface area (TPSA) is 68.3 Å². The van der Waals surface area contributed by atoms with Gasteiger partial charge in [-0.1, -0.05) is 6.92 Å². The number of rotatable bonds is 4. The van der Waals surface area contributed by atoms with Gasteiger partial charge < -0.3 is 10.1 Å². The Morgan fingerprint density at radius 2 is 2.06 bits per heavy atom. The van der Waals surface area contributed by atoms with Gasteiger partial charge >= 0.3 is 5.97 Å². The lowest BCUT2D eigenvalue weighted by atomic mass is 10.1. The second kappa shape index (κ2) is 5.48. The molecular formula is C12H18N2O3S. The van der Waals surface area contributed by atoms with Crippen LogP contribution in [0.3, 0.4) is 0 Å². The molecule has 1 aromatic rings. The highest BCUT2D eigenvalue weighted by Crippen LogP contribution is 2.19. The van der Waals surface area contributed by atoms with Gasteiger partial charge in [0, 0.05) is 0 Å². The molecule has 0 radical (unpaired) electrons. The lowest BCUT2D eigenvalue weighted by Gasteiger charge is -2.22. The molecule has 0 unspecified atom stereocenters. The maximum Gasteiger partial charge on any atom is 0.330 e. The van der Waals surface area contributed by atoms with Crippen LogP contribution in [-0.4, -0.2) is 29.5 Å². The van der Waals surface area contributed by atoms with Crippen LogP contribution in [0.15, 0.2) is 0 Å². The Balaban J connectivity index is 2.88. The summed E-state index contributed by atoms with van der Waals surface area (Å²) in [5.74, 6) is -0.770. The van der Waals surface area contributed by atoms with Gasteiger partial charge in [0.25, 0.3) is 5.91 Å². The molecule has 1 N–H and O–H groups in total. The molecule has 0 atom stereocenters. The summed E-state index contributed by atoms with van der Waals surface area (Å²) in [5.41, 5.74) is -0.357. The highest BCUT2D eigenvalue weighted by molar-refractivity contribution is 7.13. The maximum atomic E-state index is 12.1. The highest BCUT2D eigenvalue weighted by atomic mass is 32.1. The third kappa shape index (κ3) is 3.07. The molecule has 18 heavy (non-hydrogen) atoms. The smallest absolute Gasteiger partial charge is 0.330 e. The van der Waals surface area contributed by atoms with Crippen LogP contribution in [0.2, 0.25) is 0 Å². The minimum Gasteiger partial charge on any atom is -0.467 e. The number of aryl methyl sites for hydroxylation is 2. The Morgan fingerprint density at radius 3 is 2.50 bits per heavy atom. The molecule has 0 aliphatic carbocycles. The minimum atomic E-state index is -1.05. The second-order valence-corrected chi connectivity index (χ2v) is 5.53. The van der Waals surface area contributed by atoms with E-state index in [9.17, 15) is 9.59 Å². The number of hydrogen-bond donors (Lipinski definition) is 1. The molecule has 1 amide bonds. The van der Waals surface area contributed by atoms with E-state index in [2.05, 4.69) is 15.0 Å². The molecule has 0 bridgehead atoms. The third-order valence-electron chi connectivity index (χ3n) is 2.47. The Labute approximate surface area is 111 Å². The van der Waals surface area contributed by atoms with Crippen LogP contribution in [0.4, 0.5) is 0 Å². The Kier molecular flexibility index (Phi) is 4.45. The summed E-state index contributed by atoms with van der Waals surface area (Å²) in [6.45, 7) is 6.98. The van der Waals surface area contributed by atoms with Gasteiger partial charge in [0.05, 0.1) is 17.8 Å². The van der Waals surface area contributed by atoms with E-state index in [0.29, 0.717) is 10.6 Å². The molecule has 6 heteroatoms. The van der Waals surface area contributed by atoms with Crippen LogP contribution >= 0.6 is 11.3 Å². The van der Waals surface area contributed by atoms with Gasteiger partial charge in [0.15, 0.2) is 0 Å². The lowest BCUT2D eigenvalue weighted by molar-refractivity contribution is -0.146. The van der Waals surface area contributed by atoms with Crippen LogP contribution < -0.4 is 5.32 Å². The molecule has 0 spiro atoms. The molecule has 1 rings (SSSR count). The average Bonchev–Trinajstić information content (AvgIpc) is 2.68. The van der Waals surface area contributed by atoms with Crippen molar-refractivity contribution in [1.29, 1.82) is 0 Å². The first-order chi connectivity index (χ1) is 8.31. The quantitative estimate of drug-likeness (QED) is 0.845. The van der Waals surface area contributed by atoms with Crippen molar-refractivity contribution in [2.24, 2.45) is 0 Å². The van der Waals surface area contributed by atoms with E-state index in [1.165, 1.54) is 18.4 Å². The van der Waals surface area contributed by atoms with E-state index < -0.39 is 11.5 Å². The number of methoxy groups -OCH3 is 1. The monoisotopic (exact) mass is 270 g/mol. The zero-order valence-electron chi connectivity index (χ0n) is 11.3. The summed E-state index contributed by atoms with van der Waals surface area (Å²) in [5, 5.41) is 3.57. The van der Waals surface area contributed by atoms with Gasteiger partial charge in [0.2, 0.25) is 0 Å². The minimum absolute atomic E-state index is 0.292. The Bertz CT molecular complexity index is 466. The number of ether oxygens (including phenoxy) is 1. The first kappa shape index (κ1) is 14.6. The molecule has 0 aliphatic rings. The zero-order valence-corrected chi connectivity index (χ0v) is 12.1. The standard InChI is InChI=1S/C12H18N2O3S/c1-6-8-13-7(2)9(18-8)10(15)14-12(3,4)11(16)17-5/h6H2,1-5H3,(H,14,15). The van der Waals surface area contributed by atoms with Crippen molar-refractivity contribution in [2.75, 3.05) is 7.11 Å². The molecule has 0 aromatic carbocycles. The maximum absolute atomic E-state index is 12.1. The van der Waals surface area contributed by atoms with Crippen LogP contribution in [-0.2, 0) is 16.0 Å². The largest absolute Gasteiger partial charge is 0.467 e. The fraction of sp³-hybridized carbons (Fsp3) is 0.583. The second-order valence-electron chi connectivity index (χ2n) is 4.45. The van der Waals surface area contributed by atoms with Gasteiger partial charge in [-0.25, -0.2) is 9.78 Å². The van der Waals surface area contributed by atoms with Gasteiger partial charge in [-0.2, -0.15) is 0 Å². The van der Waals surface area contributed by atoms with Crippen molar-refractivity contribution in [3.05, 3.63) is 15.6 Å². The number of amides is 1. The predicted octanol–water partition coefficient (Wildman–Crippen LogP) is 1.70. The molecule has 0 saturated heterocycles.